The molecule has 0 amide bonds. The number of rotatable bonds is 3. The third-order valence-electron chi connectivity index (χ3n) is 7.76. The number of aromatic hydroxyl groups is 1. The molecule has 2 N–H and O–H groups in total. The number of pyridine rings is 2. The number of cyclic esters (lactones) is 1. The van der Waals surface area contributed by atoms with Gasteiger partial charge in [-0.05, 0) is 37.7 Å². The number of fused-ring (bicyclic) bond motifs is 5. The van der Waals surface area contributed by atoms with Gasteiger partial charge in [0.05, 0.1) is 29.0 Å². The van der Waals surface area contributed by atoms with Crippen LogP contribution in [0.2, 0.25) is 0 Å². The van der Waals surface area contributed by atoms with Crippen LogP contribution in [0.5, 0.6) is 5.75 Å². The van der Waals surface area contributed by atoms with Crippen molar-refractivity contribution in [3.63, 3.8) is 0 Å². The number of carbonyl (C=O) groups excluding carboxylic acids is 1. The first-order valence-electron chi connectivity index (χ1n) is 12.0. The molecule has 1 saturated heterocycles. The highest BCUT2D eigenvalue weighted by molar-refractivity contribution is 5.89. The molecular formula is C26H28N4O5. The van der Waals surface area contributed by atoms with E-state index in [1.165, 1.54) is 0 Å². The summed E-state index contributed by atoms with van der Waals surface area (Å²) in [5.41, 5.74) is 2.18. The summed E-state index contributed by atoms with van der Waals surface area (Å²) in [6, 6.07) is 7.20. The highest BCUT2D eigenvalue weighted by Gasteiger charge is 2.45. The molecule has 0 spiro atoms. The lowest BCUT2D eigenvalue weighted by atomic mass is 9.86. The van der Waals surface area contributed by atoms with Crippen LogP contribution in [0.15, 0.2) is 29.1 Å². The van der Waals surface area contributed by atoms with Crippen LogP contribution in [0, 0.1) is 0 Å². The van der Waals surface area contributed by atoms with Gasteiger partial charge in [0.2, 0.25) is 0 Å². The van der Waals surface area contributed by atoms with E-state index in [0.717, 1.165) is 48.2 Å². The Hall–Kier alpha value is -3.27. The van der Waals surface area contributed by atoms with Crippen LogP contribution in [-0.2, 0) is 34.8 Å². The molecule has 0 unspecified atom stereocenters. The Bertz CT molecular complexity index is 1440. The van der Waals surface area contributed by atoms with E-state index in [1.807, 2.05) is 6.07 Å². The van der Waals surface area contributed by atoms with E-state index in [4.69, 9.17) is 9.72 Å². The maximum atomic E-state index is 13.4. The quantitative estimate of drug-likeness (QED) is 0.429. The molecule has 35 heavy (non-hydrogen) atoms. The van der Waals surface area contributed by atoms with Crippen LogP contribution >= 0.6 is 0 Å². The third kappa shape index (κ3) is 3.30. The van der Waals surface area contributed by atoms with Crippen LogP contribution in [0.1, 0.15) is 35.6 Å². The molecular weight excluding hydrogens is 448 g/mol. The lowest BCUT2D eigenvalue weighted by molar-refractivity contribution is -0.172. The molecule has 0 radical (unpaired) electrons. The molecule has 1 atom stereocenters. The summed E-state index contributed by atoms with van der Waals surface area (Å²) in [5, 5.41) is 22.6. The summed E-state index contributed by atoms with van der Waals surface area (Å²) in [5.74, 6) is -0.490. The van der Waals surface area contributed by atoms with Gasteiger partial charge >= 0.3 is 5.97 Å². The van der Waals surface area contributed by atoms with Crippen molar-refractivity contribution in [1.29, 1.82) is 0 Å². The number of phenolic OH excluding ortho intramolecular Hbond substituents is 1. The maximum Gasteiger partial charge on any atom is 0.343 e. The predicted molar refractivity (Wildman–Crippen MR) is 129 cm³/mol. The van der Waals surface area contributed by atoms with Crippen LogP contribution in [0.3, 0.4) is 0 Å². The molecule has 182 valence electrons. The molecule has 9 heteroatoms. The number of hydrogen-bond donors (Lipinski definition) is 2. The van der Waals surface area contributed by atoms with Crippen molar-refractivity contribution in [1.82, 2.24) is 19.4 Å². The number of esters is 1. The molecule has 1 aromatic carbocycles. The minimum atomic E-state index is -1.84. The van der Waals surface area contributed by atoms with Gasteiger partial charge in [-0.1, -0.05) is 6.92 Å². The largest absolute Gasteiger partial charge is 0.508 e. The van der Waals surface area contributed by atoms with Crippen LogP contribution in [-0.4, -0.2) is 68.8 Å². The van der Waals surface area contributed by atoms with Gasteiger partial charge in [-0.15, -0.1) is 0 Å². The zero-order chi connectivity index (χ0) is 24.5. The van der Waals surface area contributed by atoms with Crippen molar-refractivity contribution in [3.8, 4) is 17.1 Å². The summed E-state index contributed by atoms with van der Waals surface area (Å²) in [4.78, 5) is 35.3. The summed E-state index contributed by atoms with van der Waals surface area (Å²) < 4.78 is 6.78. The summed E-state index contributed by atoms with van der Waals surface area (Å²) in [6.45, 7) is 6.33. The topological polar surface area (TPSA) is 108 Å². The number of likely N-dealkylation sites (N-methyl/N-ethyl adjacent to an activating group) is 1. The van der Waals surface area contributed by atoms with Crippen molar-refractivity contribution in [2.45, 2.75) is 38.6 Å². The van der Waals surface area contributed by atoms with Gasteiger partial charge in [0.15, 0.2) is 5.60 Å². The monoisotopic (exact) mass is 476 g/mol. The molecule has 3 aliphatic heterocycles. The van der Waals surface area contributed by atoms with Crippen LogP contribution in [0.25, 0.3) is 22.3 Å². The number of hydrogen-bond acceptors (Lipinski definition) is 8. The Morgan fingerprint density at radius 2 is 1.91 bits per heavy atom. The van der Waals surface area contributed by atoms with Crippen molar-refractivity contribution in [3.05, 3.63) is 56.9 Å². The van der Waals surface area contributed by atoms with Gasteiger partial charge in [-0.3, -0.25) is 9.69 Å². The van der Waals surface area contributed by atoms with Crippen molar-refractivity contribution >= 4 is 16.9 Å². The zero-order valence-corrected chi connectivity index (χ0v) is 19.9. The first-order valence-corrected chi connectivity index (χ1v) is 12.0. The second-order valence-electron chi connectivity index (χ2n) is 9.81. The van der Waals surface area contributed by atoms with E-state index in [1.54, 1.807) is 29.7 Å². The van der Waals surface area contributed by atoms with Crippen LogP contribution in [0.4, 0.5) is 0 Å². The fourth-order valence-corrected chi connectivity index (χ4v) is 5.50. The van der Waals surface area contributed by atoms with Crippen molar-refractivity contribution < 1.29 is 19.7 Å². The van der Waals surface area contributed by atoms with E-state index in [9.17, 15) is 19.8 Å². The van der Waals surface area contributed by atoms with Crippen molar-refractivity contribution in [2.75, 3.05) is 33.2 Å². The van der Waals surface area contributed by atoms with Gasteiger partial charge in [0, 0.05) is 54.8 Å². The molecule has 9 nitrogen and oxygen atoms in total. The Morgan fingerprint density at radius 1 is 1.14 bits per heavy atom. The van der Waals surface area contributed by atoms with Gasteiger partial charge < -0.3 is 24.4 Å². The third-order valence-corrected chi connectivity index (χ3v) is 7.76. The molecule has 5 heterocycles. The summed E-state index contributed by atoms with van der Waals surface area (Å²) in [7, 11) is 2.11. The fraction of sp³-hybridized carbons (Fsp3) is 0.423. The highest BCUT2D eigenvalue weighted by atomic mass is 16.6. The van der Waals surface area contributed by atoms with Gasteiger partial charge in [0.1, 0.15) is 12.4 Å². The molecule has 3 aromatic rings. The van der Waals surface area contributed by atoms with Gasteiger partial charge in [-0.25, -0.2) is 9.78 Å². The fourth-order valence-electron chi connectivity index (χ4n) is 5.50. The Morgan fingerprint density at radius 3 is 2.66 bits per heavy atom. The minimum absolute atomic E-state index is 0.106. The number of aromatic nitrogens is 2. The number of carbonyl (C=O) groups is 1. The molecule has 2 aromatic heterocycles. The number of benzene rings is 1. The number of ether oxygens (including phenoxy) is 1. The first kappa shape index (κ1) is 22.2. The molecule has 0 bridgehead atoms. The average molecular weight is 477 g/mol. The molecule has 0 saturated carbocycles. The lowest BCUT2D eigenvalue weighted by Crippen LogP contribution is -2.44. The smallest absolute Gasteiger partial charge is 0.343 e. The zero-order valence-electron chi connectivity index (χ0n) is 19.9. The molecule has 0 aliphatic carbocycles. The number of aliphatic hydroxyl groups is 1. The van der Waals surface area contributed by atoms with E-state index < -0.39 is 11.6 Å². The van der Waals surface area contributed by atoms with Crippen LogP contribution < -0.4 is 5.56 Å². The number of piperazine rings is 1. The number of phenols is 1. The minimum Gasteiger partial charge on any atom is -0.508 e. The van der Waals surface area contributed by atoms with E-state index in [0.29, 0.717) is 35.6 Å². The summed E-state index contributed by atoms with van der Waals surface area (Å²) >= 11 is 0. The van der Waals surface area contributed by atoms with E-state index >= 15 is 0 Å². The Labute approximate surface area is 202 Å². The predicted octanol–water partition coefficient (Wildman–Crippen LogP) is 1.53. The standard InChI is InChI=1S/C26H28N4O5/c1-3-26(34)19-11-21-23-15(12-30(21)24(32)18(19)14-35-25(26)33)10-16-17(22(31)5-4-20(16)27-23)13-29-8-6-28(2)7-9-29/h4-5,10-11,31,34H,3,6-9,12-14H2,1-2H3/t26-/m0/s1. The number of nitrogens with zero attached hydrogens (tertiary/aromatic N) is 4. The first-order chi connectivity index (χ1) is 16.8. The Kier molecular flexibility index (Phi) is 5.00. The van der Waals surface area contributed by atoms with Gasteiger partial charge in [0.25, 0.3) is 5.56 Å². The molecule has 1 fully saturated rings. The van der Waals surface area contributed by atoms with E-state index in [2.05, 4.69) is 16.8 Å². The second-order valence-corrected chi connectivity index (χ2v) is 9.81. The average Bonchev–Trinajstić information content (AvgIpc) is 3.21. The maximum absolute atomic E-state index is 13.4. The highest BCUT2D eigenvalue weighted by Crippen LogP contribution is 2.39. The summed E-state index contributed by atoms with van der Waals surface area (Å²) in [6.07, 6.45) is 0.106. The normalized spacial score (nSPS) is 22.1. The van der Waals surface area contributed by atoms with Crippen molar-refractivity contribution in [2.24, 2.45) is 0 Å². The lowest BCUT2D eigenvalue weighted by Gasteiger charge is -2.32. The van der Waals surface area contributed by atoms with E-state index in [-0.39, 0.29) is 24.3 Å². The van der Waals surface area contributed by atoms with Gasteiger partial charge in [-0.2, -0.15) is 0 Å². The molecule has 3 aliphatic rings. The second kappa shape index (κ2) is 7.87. The Balaban J connectivity index is 1.47. The molecule has 6 rings (SSSR count). The SMILES string of the molecule is CC[C@@]1(O)C(=O)OCc2c1cc1n(c2=O)Cc2cc3c(CN4CCN(C)CC4)c(O)ccc3nc2-1.